The number of rotatable bonds is 5. The molecule has 2 aromatic heterocycles. The summed E-state index contributed by atoms with van der Waals surface area (Å²) in [5.41, 5.74) is 3.59. The fourth-order valence-corrected chi connectivity index (χ4v) is 4.31. The number of thioether (sulfide) groups is 1. The SMILES string of the molecule is CC(=O)Nc1cccc(-n2c(C)nnc2SCc2ccc(Cl)c3cccnc23)c1. The van der Waals surface area contributed by atoms with Crippen molar-refractivity contribution in [3.63, 3.8) is 0 Å². The quantitative estimate of drug-likeness (QED) is 0.456. The highest BCUT2D eigenvalue weighted by Crippen LogP contribution is 2.31. The van der Waals surface area contributed by atoms with Crippen LogP contribution in [0.25, 0.3) is 16.6 Å². The zero-order chi connectivity index (χ0) is 20.4. The first kappa shape index (κ1) is 19.4. The number of aromatic nitrogens is 4. The van der Waals surface area contributed by atoms with Crippen LogP contribution in [0.1, 0.15) is 18.3 Å². The van der Waals surface area contributed by atoms with Gasteiger partial charge in [-0.05, 0) is 48.9 Å². The van der Waals surface area contributed by atoms with Crippen molar-refractivity contribution >= 4 is 45.9 Å². The van der Waals surface area contributed by atoms with E-state index in [1.807, 2.05) is 60.0 Å². The Morgan fingerprint density at radius 3 is 2.86 bits per heavy atom. The maximum Gasteiger partial charge on any atom is 0.221 e. The molecule has 0 aliphatic heterocycles. The highest BCUT2D eigenvalue weighted by molar-refractivity contribution is 7.98. The van der Waals surface area contributed by atoms with E-state index in [9.17, 15) is 4.79 Å². The number of carbonyl (C=O) groups excluding carboxylic acids is 1. The van der Waals surface area contributed by atoms with Gasteiger partial charge in [0.15, 0.2) is 5.16 Å². The minimum atomic E-state index is -0.112. The van der Waals surface area contributed by atoms with Gasteiger partial charge in [0, 0.05) is 35.0 Å². The van der Waals surface area contributed by atoms with Crippen LogP contribution in [-0.2, 0) is 10.5 Å². The number of hydrogen-bond acceptors (Lipinski definition) is 5. The lowest BCUT2D eigenvalue weighted by Crippen LogP contribution is -2.07. The van der Waals surface area contributed by atoms with Gasteiger partial charge in [-0.3, -0.25) is 14.3 Å². The van der Waals surface area contributed by atoms with E-state index in [-0.39, 0.29) is 5.91 Å². The molecule has 2 aromatic carbocycles. The highest BCUT2D eigenvalue weighted by Gasteiger charge is 2.14. The summed E-state index contributed by atoms with van der Waals surface area (Å²) in [7, 11) is 0. The molecule has 0 aliphatic rings. The number of pyridine rings is 1. The smallest absolute Gasteiger partial charge is 0.221 e. The maximum atomic E-state index is 11.4. The second-order valence-electron chi connectivity index (χ2n) is 6.49. The first-order valence-electron chi connectivity index (χ1n) is 8.98. The third kappa shape index (κ3) is 4.11. The van der Waals surface area contributed by atoms with Gasteiger partial charge in [0.25, 0.3) is 0 Å². The molecule has 1 N–H and O–H groups in total. The number of hydrogen-bond donors (Lipinski definition) is 1. The van der Waals surface area contributed by atoms with Gasteiger partial charge in [0.1, 0.15) is 5.82 Å². The minimum absolute atomic E-state index is 0.112. The molecule has 0 fully saturated rings. The maximum absolute atomic E-state index is 11.4. The molecule has 1 amide bonds. The number of nitrogens with zero attached hydrogens (tertiary/aromatic N) is 4. The van der Waals surface area contributed by atoms with Crippen molar-refractivity contribution in [3.05, 3.63) is 71.1 Å². The van der Waals surface area contributed by atoms with E-state index in [2.05, 4.69) is 20.5 Å². The average molecular weight is 424 g/mol. The number of benzene rings is 2. The summed E-state index contributed by atoms with van der Waals surface area (Å²) in [6.45, 7) is 3.39. The molecule has 2 heterocycles. The average Bonchev–Trinajstić information content (AvgIpc) is 3.08. The molecule has 0 bridgehead atoms. The van der Waals surface area contributed by atoms with Crippen LogP contribution < -0.4 is 5.32 Å². The third-order valence-corrected chi connectivity index (χ3v) is 5.68. The Balaban J connectivity index is 1.64. The molecule has 8 heteroatoms. The summed E-state index contributed by atoms with van der Waals surface area (Å²) in [4.78, 5) is 15.9. The van der Waals surface area contributed by atoms with Gasteiger partial charge >= 0.3 is 0 Å². The van der Waals surface area contributed by atoms with E-state index in [1.165, 1.54) is 6.92 Å². The summed E-state index contributed by atoms with van der Waals surface area (Å²) >= 11 is 7.88. The summed E-state index contributed by atoms with van der Waals surface area (Å²) in [6, 6.07) is 15.4. The zero-order valence-electron chi connectivity index (χ0n) is 15.9. The first-order chi connectivity index (χ1) is 14.0. The molecule has 146 valence electrons. The van der Waals surface area contributed by atoms with Gasteiger partial charge in [-0.2, -0.15) is 0 Å². The number of carbonyl (C=O) groups is 1. The van der Waals surface area contributed by atoms with Gasteiger partial charge in [-0.25, -0.2) is 0 Å². The van der Waals surface area contributed by atoms with Crippen molar-refractivity contribution < 1.29 is 4.79 Å². The van der Waals surface area contributed by atoms with Gasteiger partial charge in [0.05, 0.1) is 11.2 Å². The van der Waals surface area contributed by atoms with Gasteiger partial charge in [-0.15, -0.1) is 10.2 Å². The van der Waals surface area contributed by atoms with E-state index >= 15 is 0 Å². The number of aryl methyl sites for hydroxylation is 1. The van der Waals surface area contributed by atoms with Gasteiger partial charge in [0.2, 0.25) is 5.91 Å². The molecular formula is C21H18ClN5OS. The van der Waals surface area contributed by atoms with Crippen LogP contribution >= 0.6 is 23.4 Å². The van der Waals surface area contributed by atoms with Crippen molar-refractivity contribution in [3.8, 4) is 5.69 Å². The Morgan fingerprint density at radius 2 is 2.03 bits per heavy atom. The van der Waals surface area contributed by atoms with Crippen LogP contribution in [0.15, 0.2) is 59.9 Å². The van der Waals surface area contributed by atoms with Gasteiger partial charge in [-0.1, -0.05) is 35.5 Å². The lowest BCUT2D eigenvalue weighted by atomic mass is 10.1. The Labute approximate surface area is 177 Å². The number of halogens is 1. The van der Waals surface area contributed by atoms with Crippen molar-refractivity contribution in [1.29, 1.82) is 0 Å². The lowest BCUT2D eigenvalue weighted by molar-refractivity contribution is -0.114. The largest absolute Gasteiger partial charge is 0.326 e. The van der Waals surface area contributed by atoms with E-state index in [0.29, 0.717) is 10.8 Å². The molecule has 0 saturated heterocycles. The third-order valence-electron chi connectivity index (χ3n) is 4.38. The number of amides is 1. The van der Waals surface area contributed by atoms with Crippen LogP contribution in [-0.4, -0.2) is 25.7 Å². The minimum Gasteiger partial charge on any atom is -0.326 e. The first-order valence-corrected chi connectivity index (χ1v) is 10.3. The zero-order valence-corrected chi connectivity index (χ0v) is 17.5. The monoisotopic (exact) mass is 423 g/mol. The summed E-state index contributed by atoms with van der Waals surface area (Å²) in [6.07, 6.45) is 1.77. The lowest BCUT2D eigenvalue weighted by Gasteiger charge is -2.11. The topological polar surface area (TPSA) is 72.7 Å². The molecule has 4 rings (SSSR count). The van der Waals surface area contributed by atoms with Crippen LogP contribution in [0, 0.1) is 6.92 Å². The van der Waals surface area contributed by atoms with E-state index in [1.54, 1.807) is 18.0 Å². The van der Waals surface area contributed by atoms with Crippen LogP contribution in [0.4, 0.5) is 5.69 Å². The van der Waals surface area contributed by atoms with Crippen LogP contribution in [0.5, 0.6) is 0 Å². The predicted molar refractivity (Wildman–Crippen MR) is 117 cm³/mol. The molecule has 0 aliphatic carbocycles. The fourth-order valence-electron chi connectivity index (χ4n) is 3.11. The predicted octanol–water partition coefficient (Wildman–Crippen LogP) is 5.03. The molecule has 0 radical (unpaired) electrons. The summed E-state index contributed by atoms with van der Waals surface area (Å²) in [5.74, 6) is 1.33. The molecule has 0 saturated carbocycles. The molecule has 4 aromatic rings. The molecular weight excluding hydrogens is 406 g/mol. The standard InChI is InChI=1S/C21H18ClN5OS/c1-13-25-26-21(27(13)17-6-3-5-16(11-17)24-14(2)28)29-12-15-8-9-19(22)18-7-4-10-23-20(15)18/h3-11H,12H2,1-2H3,(H,24,28). The number of fused-ring (bicyclic) bond motifs is 1. The van der Waals surface area contributed by atoms with Crippen molar-refractivity contribution in [2.75, 3.05) is 5.32 Å². The van der Waals surface area contributed by atoms with Crippen molar-refractivity contribution in [1.82, 2.24) is 19.7 Å². The van der Waals surface area contributed by atoms with E-state index in [4.69, 9.17) is 11.6 Å². The Kier molecular flexibility index (Phi) is 5.51. The van der Waals surface area contributed by atoms with Gasteiger partial charge < -0.3 is 5.32 Å². The Hall–Kier alpha value is -2.90. The fraction of sp³-hybridized carbons (Fsp3) is 0.143. The van der Waals surface area contributed by atoms with Crippen LogP contribution in [0.3, 0.4) is 0 Å². The second kappa shape index (κ2) is 8.23. The van der Waals surface area contributed by atoms with Crippen molar-refractivity contribution in [2.24, 2.45) is 0 Å². The molecule has 29 heavy (non-hydrogen) atoms. The van der Waals surface area contributed by atoms with E-state index < -0.39 is 0 Å². The van der Waals surface area contributed by atoms with Crippen molar-refractivity contribution in [2.45, 2.75) is 24.8 Å². The summed E-state index contributed by atoms with van der Waals surface area (Å²) < 4.78 is 1.97. The Morgan fingerprint density at radius 1 is 1.17 bits per heavy atom. The van der Waals surface area contributed by atoms with Crippen LogP contribution in [0.2, 0.25) is 5.02 Å². The molecule has 0 spiro atoms. The number of nitrogens with one attached hydrogen (secondary N) is 1. The normalized spacial score (nSPS) is 11.0. The number of anilines is 1. The Bertz CT molecular complexity index is 1210. The molecule has 6 nitrogen and oxygen atoms in total. The van der Waals surface area contributed by atoms with E-state index in [0.717, 1.165) is 38.8 Å². The highest BCUT2D eigenvalue weighted by atomic mass is 35.5. The molecule has 0 atom stereocenters. The molecule has 0 unspecified atom stereocenters. The second-order valence-corrected chi connectivity index (χ2v) is 7.84. The summed E-state index contributed by atoms with van der Waals surface area (Å²) in [5, 5.41) is 13.8.